The van der Waals surface area contributed by atoms with E-state index in [0.717, 1.165) is 36.9 Å². The minimum absolute atomic E-state index is 0.219. The van der Waals surface area contributed by atoms with E-state index in [1.807, 2.05) is 17.5 Å². The number of benzene rings is 1. The molecule has 0 unspecified atom stereocenters. The molecule has 1 fully saturated rings. The summed E-state index contributed by atoms with van der Waals surface area (Å²) in [6, 6.07) is 10.8. The van der Waals surface area contributed by atoms with Crippen molar-refractivity contribution < 1.29 is 9.32 Å². The fraction of sp³-hybridized carbons (Fsp3) is 0.400. The molecule has 136 valence electrons. The summed E-state index contributed by atoms with van der Waals surface area (Å²) in [7, 11) is 0. The van der Waals surface area contributed by atoms with Crippen LogP contribution in [-0.4, -0.2) is 36.4 Å². The number of aromatic nitrogens is 2. The lowest BCUT2D eigenvalue weighted by molar-refractivity contribution is -0.931. The van der Waals surface area contributed by atoms with Gasteiger partial charge in [-0.25, -0.2) is 0 Å². The molecule has 1 saturated heterocycles. The zero-order valence-corrected chi connectivity index (χ0v) is 16.3. The van der Waals surface area contributed by atoms with Gasteiger partial charge >= 0.3 is 0 Å². The fourth-order valence-electron chi connectivity index (χ4n) is 3.63. The largest absolute Gasteiger partial charge is 0.414 e. The molecule has 0 amide bonds. The van der Waals surface area contributed by atoms with Crippen LogP contribution in [0.25, 0.3) is 10.8 Å². The van der Waals surface area contributed by atoms with Crippen molar-refractivity contribution in [2.75, 3.05) is 31.1 Å². The Morgan fingerprint density at radius 1 is 1.12 bits per heavy atom. The van der Waals surface area contributed by atoms with E-state index < -0.39 is 0 Å². The van der Waals surface area contributed by atoms with Crippen LogP contribution in [0.2, 0.25) is 0 Å². The molecule has 6 heteroatoms. The van der Waals surface area contributed by atoms with Gasteiger partial charge in [0.15, 0.2) is 6.04 Å². The smallest absolute Gasteiger partial charge is 0.274 e. The van der Waals surface area contributed by atoms with Crippen LogP contribution in [0.5, 0.6) is 0 Å². The monoisotopic (exact) mass is 369 g/mol. The minimum atomic E-state index is 0.219. The number of nitrogens with one attached hydrogen (secondary N) is 1. The molecule has 1 atom stereocenters. The first kappa shape index (κ1) is 17.2. The highest BCUT2D eigenvalue weighted by atomic mass is 32.1. The zero-order chi connectivity index (χ0) is 18.1. The predicted octanol–water partition coefficient (Wildman–Crippen LogP) is 2.88. The van der Waals surface area contributed by atoms with Gasteiger partial charge in [-0.3, -0.25) is 0 Å². The second-order valence-electron chi connectivity index (χ2n) is 7.01. The molecule has 1 aliphatic rings. The standard InChI is InChI=1S/C20H24N4OS/c1-14-6-4-7-17(15(14)2)24-11-9-23(10-12-24)16(3)19-21-22-20(25-19)18-8-5-13-26-18/h4-8,13,16H,9-12H2,1-3H3/p+1/t16-/m1/s1. The third-order valence-electron chi connectivity index (χ3n) is 5.48. The Balaban J connectivity index is 1.42. The van der Waals surface area contributed by atoms with Crippen LogP contribution >= 0.6 is 11.3 Å². The van der Waals surface area contributed by atoms with Gasteiger partial charge in [-0.05, 0) is 49.4 Å². The van der Waals surface area contributed by atoms with Gasteiger partial charge in [0.25, 0.3) is 11.8 Å². The van der Waals surface area contributed by atoms with E-state index in [0.29, 0.717) is 5.89 Å². The number of aryl methyl sites for hydroxylation is 1. The quantitative estimate of drug-likeness (QED) is 0.768. The minimum Gasteiger partial charge on any atom is -0.414 e. The molecular weight excluding hydrogens is 344 g/mol. The molecule has 3 aromatic rings. The van der Waals surface area contributed by atoms with Crippen LogP contribution in [-0.2, 0) is 0 Å². The summed E-state index contributed by atoms with van der Waals surface area (Å²) in [5, 5.41) is 10.6. The molecule has 26 heavy (non-hydrogen) atoms. The van der Waals surface area contributed by atoms with E-state index in [1.54, 1.807) is 11.3 Å². The molecule has 5 nitrogen and oxygen atoms in total. The summed E-state index contributed by atoms with van der Waals surface area (Å²) in [5.41, 5.74) is 4.12. The summed E-state index contributed by atoms with van der Waals surface area (Å²) in [5.74, 6) is 1.37. The first-order chi connectivity index (χ1) is 12.6. The molecule has 3 heterocycles. The van der Waals surface area contributed by atoms with Crippen LogP contribution in [0.4, 0.5) is 5.69 Å². The molecule has 0 radical (unpaired) electrons. The van der Waals surface area contributed by atoms with Crippen molar-refractivity contribution in [2.24, 2.45) is 0 Å². The van der Waals surface area contributed by atoms with Crippen LogP contribution < -0.4 is 9.80 Å². The Bertz CT molecular complexity index is 866. The molecule has 4 rings (SSSR count). The second-order valence-corrected chi connectivity index (χ2v) is 7.96. The average Bonchev–Trinajstić information content (AvgIpc) is 3.35. The van der Waals surface area contributed by atoms with Gasteiger partial charge in [-0.1, -0.05) is 18.2 Å². The Morgan fingerprint density at radius 3 is 2.65 bits per heavy atom. The SMILES string of the molecule is Cc1cccc(N2CC[NH+]([C@H](C)c3nnc(-c4cccs4)o3)CC2)c1C. The van der Waals surface area contributed by atoms with E-state index >= 15 is 0 Å². The van der Waals surface area contributed by atoms with Crippen molar-refractivity contribution in [3.05, 3.63) is 52.7 Å². The van der Waals surface area contributed by atoms with E-state index in [9.17, 15) is 0 Å². The topological polar surface area (TPSA) is 46.6 Å². The van der Waals surface area contributed by atoms with E-state index in [1.165, 1.54) is 21.7 Å². The summed E-state index contributed by atoms with van der Waals surface area (Å²) >= 11 is 1.63. The van der Waals surface area contributed by atoms with Gasteiger partial charge in [0.2, 0.25) is 0 Å². The second kappa shape index (κ2) is 7.21. The lowest BCUT2D eigenvalue weighted by Gasteiger charge is -2.36. The van der Waals surface area contributed by atoms with E-state index in [-0.39, 0.29) is 6.04 Å². The number of hydrogen-bond donors (Lipinski definition) is 1. The zero-order valence-electron chi connectivity index (χ0n) is 15.5. The Morgan fingerprint density at radius 2 is 1.92 bits per heavy atom. The molecule has 2 aromatic heterocycles. The third kappa shape index (κ3) is 3.27. The number of nitrogens with zero attached hydrogens (tertiary/aromatic N) is 3. The molecule has 1 N–H and O–H groups in total. The molecule has 0 bridgehead atoms. The first-order valence-electron chi connectivity index (χ1n) is 9.16. The number of thiophene rings is 1. The lowest BCUT2D eigenvalue weighted by Crippen LogP contribution is -3.14. The number of quaternary nitrogens is 1. The van der Waals surface area contributed by atoms with Crippen LogP contribution in [0.15, 0.2) is 40.1 Å². The Hall–Kier alpha value is -2.18. The van der Waals surface area contributed by atoms with Crippen molar-refractivity contribution >= 4 is 17.0 Å². The predicted molar refractivity (Wildman–Crippen MR) is 105 cm³/mol. The Kier molecular flexibility index (Phi) is 4.78. The van der Waals surface area contributed by atoms with Crippen LogP contribution in [0.3, 0.4) is 0 Å². The number of hydrogen-bond acceptors (Lipinski definition) is 5. The lowest BCUT2D eigenvalue weighted by atomic mass is 10.1. The van der Waals surface area contributed by atoms with Gasteiger partial charge in [-0.15, -0.1) is 21.5 Å². The van der Waals surface area contributed by atoms with Crippen molar-refractivity contribution in [3.8, 4) is 10.8 Å². The molecule has 1 aliphatic heterocycles. The highest BCUT2D eigenvalue weighted by Gasteiger charge is 2.29. The number of anilines is 1. The van der Waals surface area contributed by atoms with Gasteiger partial charge in [0, 0.05) is 5.69 Å². The molecular formula is C20H25N4OS+. The highest BCUT2D eigenvalue weighted by molar-refractivity contribution is 7.13. The van der Waals surface area contributed by atoms with E-state index in [4.69, 9.17) is 4.42 Å². The summed E-state index contributed by atoms with van der Waals surface area (Å²) in [6.07, 6.45) is 0. The Labute approximate surface area is 158 Å². The summed E-state index contributed by atoms with van der Waals surface area (Å²) < 4.78 is 5.94. The van der Waals surface area contributed by atoms with Gasteiger partial charge in [0.05, 0.1) is 31.1 Å². The van der Waals surface area contributed by atoms with Gasteiger partial charge in [-0.2, -0.15) is 0 Å². The fourth-order valence-corrected chi connectivity index (χ4v) is 4.27. The normalized spacial score (nSPS) is 16.8. The van der Waals surface area contributed by atoms with Gasteiger partial charge < -0.3 is 14.2 Å². The molecule has 1 aromatic carbocycles. The van der Waals surface area contributed by atoms with Crippen molar-refractivity contribution in [1.29, 1.82) is 0 Å². The third-order valence-corrected chi connectivity index (χ3v) is 6.34. The molecule has 0 aliphatic carbocycles. The maximum absolute atomic E-state index is 5.94. The van der Waals surface area contributed by atoms with Crippen molar-refractivity contribution in [1.82, 2.24) is 10.2 Å². The maximum Gasteiger partial charge on any atom is 0.274 e. The summed E-state index contributed by atoms with van der Waals surface area (Å²) in [6.45, 7) is 10.8. The summed E-state index contributed by atoms with van der Waals surface area (Å²) in [4.78, 5) is 5.04. The first-order valence-corrected chi connectivity index (χ1v) is 10.0. The van der Waals surface area contributed by atoms with Crippen molar-refractivity contribution in [3.63, 3.8) is 0 Å². The average molecular weight is 370 g/mol. The van der Waals surface area contributed by atoms with Crippen molar-refractivity contribution in [2.45, 2.75) is 26.8 Å². The van der Waals surface area contributed by atoms with Crippen LogP contribution in [0.1, 0.15) is 30.0 Å². The number of rotatable bonds is 4. The molecule has 0 saturated carbocycles. The number of piperazine rings is 1. The highest BCUT2D eigenvalue weighted by Crippen LogP contribution is 2.25. The van der Waals surface area contributed by atoms with Gasteiger partial charge in [0.1, 0.15) is 0 Å². The maximum atomic E-state index is 5.94. The van der Waals surface area contributed by atoms with E-state index in [2.05, 4.69) is 54.1 Å². The van der Waals surface area contributed by atoms with Crippen LogP contribution in [0, 0.1) is 13.8 Å². The molecule has 0 spiro atoms.